The van der Waals surface area contributed by atoms with E-state index in [2.05, 4.69) is 29.9 Å². The first-order valence-corrected chi connectivity index (χ1v) is 9.24. The number of hydrogen-bond acceptors (Lipinski definition) is 6. The number of rotatable bonds is 1. The lowest BCUT2D eigenvalue weighted by molar-refractivity contribution is -0.0873. The van der Waals surface area contributed by atoms with Crippen LogP contribution in [0.2, 0.25) is 0 Å². The van der Waals surface area contributed by atoms with Crippen LogP contribution < -0.4 is 0 Å². The summed E-state index contributed by atoms with van der Waals surface area (Å²) in [5.41, 5.74) is 2.95. The van der Waals surface area contributed by atoms with Gasteiger partial charge in [-0.25, -0.2) is 15.0 Å². The number of aryl methyl sites for hydroxylation is 1. The molecule has 0 bridgehead atoms. The second-order valence-corrected chi connectivity index (χ2v) is 7.08. The molecule has 0 spiro atoms. The van der Waals surface area contributed by atoms with Gasteiger partial charge in [0, 0.05) is 30.3 Å². The second-order valence-electron chi connectivity index (χ2n) is 7.08. The molecule has 2 unspecified atom stereocenters. The molecule has 7 heteroatoms. The highest BCUT2D eigenvalue weighted by atomic mass is 16.7. The predicted octanol–water partition coefficient (Wildman–Crippen LogP) is 2.41. The van der Waals surface area contributed by atoms with E-state index in [1.165, 1.54) is 0 Å². The molecule has 1 aromatic carbocycles. The van der Waals surface area contributed by atoms with E-state index < -0.39 is 0 Å². The normalized spacial score (nSPS) is 23.2. The number of aliphatic imine (C=N–C) groups is 2. The van der Waals surface area contributed by atoms with E-state index in [4.69, 9.17) is 10.1 Å². The monoisotopic (exact) mass is 367 g/mol. The lowest BCUT2D eigenvalue weighted by Gasteiger charge is -2.27. The van der Waals surface area contributed by atoms with Crippen LogP contribution >= 0.6 is 0 Å². The molecular formula is C20H25N5O2. The number of guanidine groups is 1. The smallest absolute Gasteiger partial charge is 0.254 e. The highest BCUT2D eigenvalue weighted by Crippen LogP contribution is 2.18. The van der Waals surface area contributed by atoms with Crippen LogP contribution in [0.15, 0.2) is 28.2 Å². The molecule has 7 nitrogen and oxygen atoms in total. The van der Waals surface area contributed by atoms with Crippen LogP contribution in [0.25, 0.3) is 0 Å². The lowest BCUT2D eigenvalue weighted by Crippen LogP contribution is -2.39. The van der Waals surface area contributed by atoms with E-state index in [0.29, 0.717) is 49.2 Å². The summed E-state index contributed by atoms with van der Waals surface area (Å²) in [4.78, 5) is 29.7. The van der Waals surface area contributed by atoms with Crippen molar-refractivity contribution in [1.29, 1.82) is 5.26 Å². The summed E-state index contributed by atoms with van der Waals surface area (Å²) in [5, 5.41) is 10.8. The third-order valence-corrected chi connectivity index (χ3v) is 5.27. The molecule has 1 fully saturated rings. The quantitative estimate of drug-likeness (QED) is 0.763. The van der Waals surface area contributed by atoms with Crippen LogP contribution in [-0.4, -0.2) is 59.8 Å². The Labute approximate surface area is 159 Å². The highest BCUT2D eigenvalue weighted by Gasteiger charge is 2.27. The molecule has 1 amide bonds. The largest absolute Gasteiger partial charge is 0.334 e. The molecule has 0 saturated carbocycles. The van der Waals surface area contributed by atoms with Crippen molar-refractivity contribution < 1.29 is 9.63 Å². The molecule has 0 aliphatic carbocycles. The molecule has 2 aliphatic rings. The lowest BCUT2D eigenvalue weighted by atomic mass is 9.98. The van der Waals surface area contributed by atoms with Crippen LogP contribution in [0.3, 0.4) is 0 Å². The first-order chi connectivity index (χ1) is 12.9. The molecule has 0 aromatic heterocycles. The third kappa shape index (κ3) is 4.01. The summed E-state index contributed by atoms with van der Waals surface area (Å²) in [6.07, 6.45) is 0. The van der Waals surface area contributed by atoms with Gasteiger partial charge in [0.25, 0.3) is 5.91 Å². The van der Waals surface area contributed by atoms with Gasteiger partial charge >= 0.3 is 0 Å². The topological polar surface area (TPSA) is 81.3 Å². The Bertz CT molecular complexity index is 839. The number of hydroxylamine groups is 2. The van der Waals surface area contributed by atoms with Crippen molar-refractivity contribution in [2.45, 2.75) is 33.7 Å². The van der Waals surface area contributed by atoms with Crippen molar-refractivity contribution >= 4 is 17.6 Å². The molecule has 1 saturated heterocycles. The fraction of sp³-hybridized carbons (Fsp3) is 0.500. The molecule has 2 atom stereocenters. The summed E-state index contributed by atoms with van der Waals surface area (Å²) in [6.45, 7) is 9.94. The molecule has 0 radical (unpaired) electrons. The minimum Gasteiger partial charge on any atom is -0.334 e. The SMILES string of the molecule is CC1=NC(N2CCN(C(=O)c3cc(C#N)ccc3C)CCO2)=NC(C)C1C. The fourth-order valence-corrected chi connectivity index (χ4v) is 3.15. The number of amides is 1. The van der Waals surface area contributed by atoms with Gasteiger partial charge in [0.15, 0.2) is 0 Å². The molecule has 27 heavy (non-hydrogen) atoms. The van der Waals surface area contributed by atoms with E-state index in [1.54, 1.807) is 22.1 Å². The Morgan fingerprint density at radius 3 is 2.74 bits per heavy atom. The van der Waals surface area contributed by atoms with Gasteiger partial charge in [0.2, 0.25) is 5.96 Å². The first-order valence-electron chi connectivity index (χ1n) is 9.24. The average molecular weight is 367 g/mol. The molecule has 142 valence electrons. The predicted molar refractivity (Wildman–Crippen MR) is 104 cm³/mol. The van der Waals surface area contributed by atoms with Gasteiger partial charge in [-0.1, -0.05) is 13.0 Å². The van der Waals surface area contributed by atoms with Crippen molar-refractivity contribution in [3.8, 4) is 6.07 Å². The van der Waals surface area contributed by atoms with Crippen LogP contribution in [0, 0.1) is 24.2 Å². The molecule has 1 aromatic rings. The zero-order valence-electron chi connectivity index (χ0n) is 16.3. The summed E-state index contributed by atoms with van der Waals surface area (Å²) in [6, 6.07) is 7.43. The van der Waals surface area contributed by atoms with Gasteiger partial charge < -0.3 is 4.90 Å². The van der Waals surface area contributed by atoms with Gasteiger partial charge in [-0.05, 0) is 38.5 Å². The van der Waals surface area contributed by atoms with E-state index in [9.17, 15) is 4.79 Å². The van der Waals surface area contributed by atoms with E-state index in [1.807, 2.05) is 19.9 Å². The maximum atomic E-state index is 13.0. The van der Waals surface area contributed by atoms with Gasteiger partial charge in [0.05, 0.1) is 30.8 Å². The highest BCUT2D eigenvalue weighted by molar-refractivity contribution is 5.99. The van der Waals surface area contributed by atoms with Crippen LogP contribution in [-0.2, 0) is 4.84 Å². The first kappa shape index (κ1) is 19.1. The van der Waals surface area contributed by atoms with Crippen LogP contribution in [0.4, 0.5) is 0 Å². The Balaban J connectivity index is 1.73. The zero-order valence-corrected chi connectivity index (χ0v) is 16.3. The number of carbonyl (C=O) groups excluding carboxylic acids is 1. The molecule has 2 aliphatic heterocycles. The number of carbonyl (C=O) groups is 1. The van der Waals surface area contributed by atoms with Crippen molar-refractivity contribution in [2.75, 3.05) is 26.2 Å². The van der Waals surface area contributed by atoms with Gasteiger partial charge in [-0.2, -0.15) is 5.26 Å². The standard InChI is InChI=1S/C20H25N5O2/c1-13-5-6-17(12-21)11-18(13)19(26)24-7-8-25(27-10-9-24)20-22-15(3)14(2)16(4)23-20/h5-6,11,14-15H,7-10H2,1-4H3. The van der Waals surface area contributed by atoms with E-state index >= 15 is 0 Å². The van der Waals surface area contributed by atoms with E-state index in [0.717, 1.165) is 11.3 Å². The van der Waals surface area contributed by atoms with Crippen molar-refractivity contribution in [3.63, 3.8) is 0 Å². The van der Waals surface area contributed by atoms with Crippen molar-refractivity contribution in [3.05, 3.63) is 34.9 Å². The minimum absolute atomic E-state index is 0.0812. The van der Waals surface area contributed by atoms with Gasteiger partial charge in [0.1, 0.15) is 0 Å². The van der Waals surface area contributed by atoms with Gasteiger partial charge in [-0.3, -0.25) is 9.63 Å². The number of nitrogens with zero attached hydrogens (tertiary/aromatic N) is 5. The van der Waals surface area contributed by atoms with Crippen molar-refractivity contribution in [2.24, 2.45) is 15.9 Å². The third-order valence-electron chi connectivity index (χ3n) is 5.27. The maximum absolute atomic E-state index is 13.0. The summed E-state index contributed by atoms with van der Waals surface area (Å²) >= 11 is 0. The number of nitriles is 1. The minimum atomic E-state index is -0.0812. The van der Waals surface area contributed by atoms with Crippen LogP contribution in [0.1, 0.15) is 42.3 Å². The zero-order chi connectivity index (χ0) is 19.6. The van der Waals surface area contributed by atoms with Gasteiger partial charge in [-0.15, -0.1) is 0 Å². The van der Waals surface area contributed by atoms with Crippen LogP contribution in [0.5, 0.6) is 0 Å². The fourth-order valence-electron chi connectivity index (χ4n) is 3.15. The number of benzene rings is 1. The molecule has 2 heterocycles. The van der Waals surface area contributed by atoms with E-state index in [-0.39, 0.29) is 11.9 Å². The maximum Gasteiger partial charge on any atom is 0.254 e. The Kier molecular flexibility index (Phi) is 5.57. The summed E-state index contributed by atoms with van der Waals surface area (Å²) in [5.74, 6) is 0.812. The average Bonchev–Trinajstić information content (AvgIpc) is 2.92. The Morgan fingerprint density at radius 1 is 1.26 bits per heavy atom. The summed E-state index contributed by atoms with van der Waals surface area (Å²) < 4.78 is 0. The molecule has 0 N–H and O–H groups in total. The van der Waals surface area contributed by atoms with Crippen molar-refractivity contribution in [1.82, 2.24) is 9.96 Å². The Morgan fingerprint density at radius 2 is 2.04 bits per heavy atom. The molecule has 3 rings (SSSR count). The second kappa shape index (κ2) is 7.89. The summed E-state index contributed by atoms with van der Waals surface area (Å²) in [7, 11) is 0. The molecular weight excluding hydrogens is 342 g/mol. The number of hydrogen-bond donors (Lipinski definition) is 0. The Hall–Kier alpha value is -2.72.